The number of thiazole rings is 1. The Morgan fingerprint density at radius 2 is 2.33 bits per heavy atom. The number of imidazole rings is 1. The van der Waals surface area contributed by atoms with E-state index in [-0.39, 0.29) is 5.03 Å². The Morgan fingerprint density at radius 1 is 1.52 bits per heavy atom. The highest BCUT2D eigenvalue weighted by atomic mass is 32.2. The number of rotatable bonds is 5. The van der Waals surface area contributed by atoms with E-state index in [1.807, 2.05) is 12.3 Å². The van der Waals surface area contributed by atoms with Crippen molar-refractivity contribution >= 4 is 32.1 Å². The van der Waals surface area contributed by atoms with Crippen LogP contribution in [-0.2, 0) is 10.0 Å². The summed E-state index contributed by atoms with van der Waals surface area (Å²) in [6.45, 7) is 6.02. The SMILES string of the molecule is CCCNc1nc2sccn2c1S(=O)(=O)N1CCC(C)C1. The largest absolute Gasteiger partial charge is 0.368 e. The molecule has 0 radical (unpaired) electrons. The first-order valence-corrected chi connectivity index (χ1v) is 9.55. The summed E-state index contributed by atoms with van der Waals surface area (Å²) in [5.74, 6) is 0.890. The molecule has 21 heavy (non-hydrogen) atoms. The molecule has 2 aromatic rings. The highest BCUT2D eigenvalue weighted by Crippen LogP contribution is 2.31. The van der Waals surface area contributed by atoms with E-state index in [1.54, 1.807) is 14.9 Å². The first-order chi connectivity index (χ1) is 10.0. The zero-order valence-electron chi connectivity index (χ0n) is 12.2. The number of nitrogens with zero attached hydrogens (tertiary/aromatic N) is 3. The fraction of sp³-hybridized carbons (Fsp3) is 0.615. The molecule has 0 bridgehead atoms. The van der Waals surface area contributed by atoms with E-state index >= 15 is 0 Å². The lowest BCUT2D eigenvalue weighted by Crippen LogP contribution is -2.30. The second-order valence-corrected chi connectivity index (χ2v) is 8.23. The molecule has 1 unspecified atom stereocenters. The molecule has 3 rings (SSSR count). The van der Waals surface area contributed by atoms with Gasteiger partial charge < -0.3 is 5.32 Å². The minimum atomic E-state index is -3.51. The third-order valence-corrected chi connectivity index (χ3v) is 6.38. The van der Waals surface area contributed by atoms with Crippen molar-refractivity contribution in [2.45, 2.75) is 31.7 Å². The zero-order valence-corrected chi connectivity index (χ0v) is 13.9. The summed E-state index contributed by atoms with van der Waals surface area (Å²) < 4.78 is 29.2. The summed E-state index contributed by atoms with van der Waals surface area (Å²) >= 11 is 1.44. The van der Waals surface area contributed by atoms with Gasteiger partial charge in [-0.1, -0.05) is 13.8 Å². The Morgan fingerprint density at radius 3 is 3.00 bits per heavy atom. The third kappa shape index (κ3) is 2.56. The molecule has 2 aromatic heterocycles. The van der Waals surface area contributed by atoms with Gasteiger partial charge in [0.1, 0.15) is 0 Å². The molecule has 8 heteroatoms. The Balaban J connectivity index is 2.06. The van der Waals surface area contributed by atoms with Crippen LogP contribution in [0.3, 0.4) is 0 Å². The fourth-order valence-corrected chi connectivity index (χ4v) is 5.18. The third-order valence-electron chi connectivity index (χ3n) is 3.73. The van der Waals surface area contributed by atoms with E-state index in [9.17, 15) is 8.42 Å². The van der Waals surface area contributed by atoms with Crippen LogP contribution < -0.4 is 5.32 Å². The van der Waals surface area contributed by atoms with Gasteiger partial charge >= 0.3 is 0 Å². The summed E-state index contributed by atoms with van der Waals surface area (Å²) in [5, 5.41) is 5.29. The molecule has 0 saturated carbocycles. The van der Waals surface area contributed by atoms with E-state index in [4.69, 9.17) is 0 Å². The average Bonchev–Trinajstić information content (AvgIpc) is 3.10. The number of fused-ring (bicyclic) bond motifs is 1. The van der Waals surface area contributed by atoms with E-state index in [0.717, 1.165) is 12.8 Å². The molecular weight excluding hydrogens is 308 g/mol. The van der Waals surface area contributed by atoms with Gasteiger partial charge in [0.2, 0.25) is 0 Å². The summed E-state index contributed by atoms with van der Waals surface area (Å²) in [6.07, 6.45) is 3.62. The van der Waals surface area contributed by atoms with Crippen molar-refractivity contribution in [3.63, 3.8) is 0 Å². The van der Waals surface area contributed by atoms with Crippen LogP contribution in [0.15, 0.2) is 16.6 Å². The predicted molar refractivity (Wildman–Crippen MR) is 84.4 cm³/mol. The van der Waals surface area contributed by atoms with Crippen LogP contribution in [0.1, 0.15) is 26.7 Å². The molecular formula is C13H20N4O2S2. The molecule has 0 spiro atoms. The molecule has 0 aromatic carbocycles. The highest BCUT2D eigenvalue weighted by Gasteiger charge is 2.35. The van der Waals surface area contributed by atoms with Gasteiger partial charge in [-0.3, -0.25) is 4.40 Å². The van der Waals surface area contributed by atoms with Gasteiger partial charge in [0.05, 0.1) is 0 Å². The Kier molecular flexibility index (Phi) is 3.94. The van der Waals surface area contributed by atoms with Crippen molar-refractivity contribution in [1.29, 1.82) is 0 Å². The first-order valence-electron chi connectivity index (χ1n) is 7.23. The van der Waals surface area contributed by atoms with E-state index in [2.05, 4.69) is 17.2 Å². The molecule has 116 valence electrons. The van der Waals surface area contributed by atoms with Gasteiger partial charge in [-0.25, -0.2) is 13.4 Å². The second-order valence-electron chi connectivity index (χ2n) is 5.50. The van der Waals surface area contributed by atoms with Crippen LogP contribution >= 0.6 is 11.3 Å². The first kappa shape index (κ1) is 14.8. The minimum absolute atomic E-state index is 0.279. The van der Waals surface area contributed by atoms with Crippen LogP contribution in [0.25, 0.3) is 4.96 Å². The molecule has 0 amide bonds. The topological polar surface area (TPSA) is 66.7 Å². The number of sulfonamides is 1. The van der Waals surface area contributed by atoms with Gasteiger partial charge in [0.25, 0.3) is 10.0 Å². The van der Waals surface area contributed by atoms with Crippen LogP contribution in [-0.4, -0.2) is 41.7 Å². The Labute approximate surface area is 128 Å². The van der Waals surface area contributed by atoms with Crippen LogP contribution in [0.5, 0.6) is 0 Å². The average molecular weight is 328 g/mol. The number of aromatic nitrogens is 2. The number of nitrogens with one attached hydrogen (secondary N) is 1. The smallest absolute Gasteiger partial charge is 0.262 e. The summed E-state index contributed by atoms with van der Waals surface area (Å²) in [6, 6.07) is 0. The van der Waals surface area contributed by atoms with Gasteiger partial charge in [-0.2, -0.15) is 4.31 Å². The van der Waals surface area contributed by atoms with Crippen LogP contribution in [0.2, 0.25) is 0 Å². The van der Waals surface area contributed by atoms with Gasteiger partial charge in [0.15, 0.2) is 15.8 Å². The van der Waals surface area contributed by atoms with Gasteiger partial charge in [0, 0.05) is 31.2 Å². The normalized spacial score (nSPS) is 20.4. The quantitative estimate of drug-likeness (QED) is 0.914. The van der Waals surface area contributed by atoms with Crippen molar-refractivity contribution in [2.75, 3.05) is 25.0 Å². The number of anilines is 1. The van der Waals surface area contributed by atoms with Crippen molar-refractivity contribution < 1.29 is 8.42 Å². The van der Waals surface area contributed by atoms with Crippen molar-refractivity contribution in [1.82, 2.24) is 13.7 Å². The monoisotopic (exact) mass is 328 g/mol. The van der Waals surface area contributed by atoms with E-state index in [0.29, 0.717) is 36.3 Å². The molecule has 1 saturated heterocycles. The number of hydrogen-bond acceptors (Lipinski definition) is 5. The van der Waals surface area contributed by atoms with Gasteiger partial charge in [-0.05, 0) is 18.8 Å². The van der Waals surface area contributed by atoms with Crippen LogP contribution in [0.4, 0.5) is 5.82 Å². The van der Waals surface area contributed by atoms with Gasteiger partial charge in [-0.15, -0.1) is 11.3 Å². The Hall–Kier alpha value is -1.12. The van der Waals surface area contributed by atoms with E-state index < -0.39 is 10.0 Å². The summed E-state index contributed by atoms with van der Waals surface area (Å²) in [5.41, 5.74) is 0. The van der Waals surface area contributed by atoms with Crippen LogP contribution in [0, 0.1) is 5.92 Å². The molecule has 6 nitrogen and oxygen atoms in total. The molecule has 1 atom stereocenters. The van der Waals surface area contributed by atoms with Crippen molar-refractivity contribution in [3.05, 3.63) is 11.6 Å². The molecule has 1 N–H and O–H groups in total. The summed E-state index contributed by atoms with van der Waals surface area (Å²) in [4.78, 5) is 5.14. The zero-order chi connectivity index (χ0) is 15.0. The standard InChI is InChI=1S/C13H20N4O2S2/c1-3-5-14-11-12(17-7-8-20-13(17)15-11)21(18,19)16-6-4-10(2)9-16/h7-8,10,14H,3-6,9H2,1-2H3. The lowest BCUT2D eigenvalue weighted by Gasteiger charge is -2.16. The maximum absolute atomic E-state index is 13.0. The molecule has 1 aliphatic heterocycles. The van der Waals surface area contributed by atoms with Crippen molar-refractivity contribution in [2.24, 2.45) is 5.92 Å². The molecule has 1 aliphatic rings. The Bertz CT molecular complexity index is 735. The maximum atomic E-state index is 13.0. The fourth-order valence-electron chi connectivity index (χ4n) is 2.61. The van der Waals surface area contributed by atoms with Crippen molar-refractivity contribution in [3.8, 4) is 0 Å². The molecule has 1 fully saturated rings. The predicted octanol–water partition coefficient (Wildman–Crippen LogP) is 2.25. The summed E-state index contributed by atoms with van der Waals surface area (Å²) in [7, 11) is -3.51. The lowest BCUT2D eigenvalue weighted by atomic mass is 10.2. The lowest BCUT2D eigenvalue weighted by molar-refractivity contribution is 0.461. The minimum Gasteiger partial charge on any atom is -0.368 e. The molecule has 3 heterocycles. The van der Waals surface area contributed by atoms with E-state index in [1.165, 1.54) is 11.3 Å². The number of hydrogen-bond donors (Lipinski definition) is 1. The molecule has 0 aliphatic carbocycles. The maximum Gasteiger partial charge on any atom is 0.262 e. The second kappa shape index (κ2) is 5.58. The highest BCUT2D eigenvalue weighted by molar-refractivity contribution is 7.89.